The smallest absolute Gasteiger partial charge is 0.303 e. The SMILES string of the molecule is C#CC(=O)N(c1cccc(Cl)c1)[C@]1(C(=O)CCCc2ccccc2)CC[C@H](O)CC1. The Kier molecular flexibility index (Phi) is 7.31. The van der Waals surface area contributed by atoms with E-state index in [2.05, 4.69) is 5.92 Å². The van der Waals surface area contributed by atoms with E-state index >= 15 is 0 Å². The van der Waals surface area contributed by atoms with Gasteiger partial charge in [-0.1, -0.05) is 48.0 Å². The number of Topliss-reactive ketones (excluding diaryl/α,β-unsaturated/α-hetero) is 1. The predicted molar refractivity (Wildman–Crippen MR) is 119 cm³/mol. The van der Waals surface area contributed by atoms with Gasteiger partial charge in [0, 0.05) is 17.1 Å². The zero-order valence-electron chi connectivity index (χ0n) is 16.9. The second kappa shape index (κ2) is 9.93. The number of halogens is 1. The molecule has 0 radical (unpaired) electrons. The monoisotopic (exact) mass is 423 g/mol. The Bertz CT molecular complexity index is 927. The summed E-state index contributed by atoms with van der Waals surface area (Å²) in [4.78, 5) is 27.8. The van der Waals surface area contributed by atoms with E-state index in [1.807, 2.05) is 30.3 Å². The van der Waals surface area contributed by atoms with E-state index in [1.165, 1.54) is 10.5 Å². The largest absolute Gasteiger partial charge is 0.393 e. The molecule has 2 aromatic rings. The van der Waals surface area contributed by atoms with E-state index in [0.29, 0.717) is 49.2 Å². The molecule has 3 rings (SSSR count). The van der Waals surface area contributed by atoms with E-state index < -0.39 is 17.6 Å². The molecule has 30 heavy (non-hydrogen) atoms. The number of aliphatic hydroxyl groups excluding tert-OH is 1. The summed E-state index contributed by atoms with van der Waals surface area (Å²) in [6, 6.07) is 16.8. The van der Waals surface area contributed by atoms with Gasteiger partial charge < -0.3 is 5.11 Å². The molecule has 0 heterocycles. The van der Waals surface area contributed by atoms with Crippen molar-refractivity contribution in [3.8, 4) is 12.3 Å². The number of aryl methyl sites for hydroxylation is 1. The number of carbonyl (C=O) groups is 2. The van der Waals surface area contributed by atoms with Gasteiger partial charge in [-0.3, -0.25) is 14.5 Å². The molecule has 0 saturated heterocycles. The number of carbonyl (C=O) groups excluding carboxylic acids is 2. The molecule has 5 heteroatoms. The Morgan fingerprint density at radius 1 is 1.13 bits per heavy atom. The van der Waals surface area contributed by atoms with Gasteiger partial charge in [-0.15, -0.1) is 6.42 Å². The number of ketones is 1. The molecule has 2 aromatic carbocycles. The van der Waals surface area contributed by atoms with Crippen molar-refractivity contribution in [2.24, 2.45) is 0 Å². The maximum absolute atomic E-state index is 13.6. The van der Waals surface area contributed by atoms with Gasteiger partial charge in [0.05, 0.1) is 6.10 Å². The van der Waals surface area contributed by atoms with Gasteiger partial charge in [0.15, 0.2) is 5.78 Å². The predicted octanol–water partition coefficient (Wildman–Crippen LogP) is 4.57. The summed E-state index contributed by atoms with van der Waals surface area (Å²) < 4.78 is 0. The molecule has 4 nitrogen and oxygen atoms in total. The zero-order valence-corrected chi connectivity index (χ0v) is 17.6. The average molecular weight is 424 g/mol. The lowest BCUT2D eigenvalue weighted by Gasteiger charge is -2.45. The number of rotatable bonds is 7. The maximum Gasteiger partial charge on any atom is 0.303 e. The molecule has 156 valence electrons. The Morgan fingerprint density at radius 2 is 1.83 bits per heavy atom. The average Bonchev–Trinajstić information content (AvgIpc) is 2.76. The number of hydrogen-bond donors (Lipinski definition) is 1. The lowest BCUT2D eigenvalue weighted by Crippen LogP contribution is -2.59. The van der Waals surface area contributed by atoms with Gasteiger partial charge >= 0.3 is 5.91 Å². The van der Waals surface area contributed by atoms with Crippen molar-refractivity contribution in [3.05, 3.63) is 65.2 Å². The van der Waals surface area contributed by atoms with Crippen LogP contribution < -0.4 is 4.90 Å². The first-order valence-corrected chi connectivity index (χ1v) is 10.7. The van der Waals surface area contributed by atoms with Crippen LogP contribution >= 0.6 is 11.6 Å². The van der Waals surface area contributed by atoms with Gasteiger partial charge in [0.1, 0.15) is 5.54 Å². The van der Waals surface area contributed by atoms with Crippen molar-refractivity contribution >= 4 is 29.0 Å². The van der Waals surface area contributed by atoms with Crippen LogP contribution in [0.25, 0.3) is 0 Å². The third kappa shape index (κ3) is 4.92. The summed E-state index contributed by atoms with van der Waals surface area (Å²) in [5.74, 6) is 1.60. The molecule has 0 atom stereocenters. The van der Waals surface area contributed by atoms with Crippen LogP contribution in [-0.4, -0.2) is 28.4 Å². The molecule has 0 aliphatic heterocycles. The fourth-order valence-electron chi connectivity index (χ4n) is 4.28. The first-order chi connectivity index (χ1) is 14.5. The molecule has 1 N–H and O–H groups in total. The summed E-state index contributed by atoms with van der Waals surface area (Å²) in [5.41, 5.74) is 0.618. The van der Waals surface area contributed by atoms with Gasteiger partial charge in [-0.25, -0.2) is 0 Å². The molecule has 0 bridgehead atoms. The minimum absolute atomic E-state index is 0.0195. The summed E-state index contributed by atoms with van der Waals surface area (Å²) in [6.07, 6.45) is 8.44. The summed E-state index contributed by atoms with van der Waals surface area (Å²) >= 11 is 6.16. The highest BCUT2D eigenvalue weighted by atomic mass is 35.5. The highest BCUT2D eigenvalue weighted by Crippen LogP contribution is 2.39. The van der Waals surface area contributed by atoms with Crippen LogP contribution in [0.5, 0.6) is 0 Å². The Hall–Kier alpha value is -2.61. The third-order valence-electron chi connectivity index (χ3n) is 5.83. The summed E-state index contributed by atoms with van der Waals surface area (Å²) in [6.45, 7) is 0. The van der Waals surface area contributed by atoms with Crippen molar-refractivity contribution in [2.45, 2.75) is 56.6 Å². The van der Waals surface area contributed by atoms with Gasteiger partial charge in [-0.05, 0) is 68.2 Å². The van der Waals surface area contributed by atoms with Crippen LogP contribution in [0, 0.1) is 12.3 Å². The fraction of sp³-hybridized carbons (Fsp3) is 0.360. The van der Waals surface area contributed by atoms with Gasteiger partial charge in [0.25, 0.3) is 0 Å². The minimum atomic E-state index is -1.07. The van der Waals surface area contributed by atoms with E-state index in [9.17, 15) is 14.7 Å². The van der Waals surface area contributed by atoms with Crippen LogP contribution in [0.1, 0.15) is 44.1 Å². The minimum Gasteiger partial charge on any atom is -0.393 e. The van der Waals surface area contributed by atoms with Crippen molar-refractivity contribution < 1.29 is 14.7 Å². The van der Waals surface area contributed by atoms with Crippen molar-refractivity contribution in [1.82, 2.24) is 0 Å². The number of amides is 1. The number of nitrogens with zero attached hydrogens (tertiary/aromatic N) is 1. The lowest BCUT2D eigenvalue weighted by molar-refractivity contribution is -0.129. The number of hydrogen-bond acceptors (Lipinski definition) is 3. The topological polar surface area (TPSA) is 57.6 Å². The molecule has 1 aliphatic carbocycles. The van der Waals surface area contributed by atoms with Crippen LogP contribution in [-0.2, 0) is 16.0 Å². The third-order valence-corrected chi connectivity index (χ3v) is 6.07. The highest BCUT2D eigenvalue weighted by molar-refractivity contribution is 6.31. The molecule has 1 amide bonds. The summed E-state index contributed by atoms with van der Waals surface area (Å²) in [7, 11) is 0. The molecule has 1 saturated carbocycles. The maximum atomic E-state index is 13.6. The number of anilines is 1. The molecule has 1 fully saturated rings. The molecule has 1 aliphatic rings. The van der Waals surface area contributed by atoms with E-state index in [-0.39, 0.29) is 5.78 Å². The van der Waals surface area contributed by atoms with Crippen molar-refractivity contribution in [2.75, 3.05) is 4.90 Å². The van der Waals surface area contributed by atoms with E-state index in [4.69, 9.17) is 18.0 Å². The lowest BCUT2D eigenvalue weighted by atomic mass is 9.74. The fourth-order valence-corrected chi connectivity index (χ4v) is 4.46. The quantitative estimate of drug-likeness (QED) is 0.663. The summed E-state index contributed by atoms with van der Waals surface area (Å²) in [5, 5.41) is 10.5. The number of terminal acetylenes is 1. The van der Waals surface area contributed by atoms with Gasteiger partial charge in [-0.2, -0.15) is 0 Å². The second-order valence-electron chi connectivity index (χ2n) is 7.79. The standard InChI is InChI=1S/C25H26ClNO3/c1-2-24(30)27(21-12-7-11-20(26)18-21)25(16-14-22(28)15-17-25)23(29)13-6-10-19-8-4-3-5-9-19/h1,3-5,7-9,11-12,18,22,28H,6,10,13-17H2/t22-,25+. The van der Waals surface area contributed by atoms with Crippen LogP contribution in [0.4, 0.5) is 5.69 Å². The molecule has 0 spiro atoms. The number of aliphatic hydroxyl groups is 1. The Balaban J connectivity index is 1.89. The van der Waals surface area contributed by atoms with E-state index in [1.54, 1.807) is 24.3 Å². The normalized spacial score (nSPS) is 20.9. The van der Waals surface area contributed by atoms with Gasteiger partial charge in [0.2, 0.25) is 0 Å². The van der Waals surface area contributed by atoms with Crippen molar-refractivity contribution in [1.29, 1.82) is 0 Å². The Labute approximate surface area is 182 Å². The Morgan fingerprint density at radius 3 is 2.47 bits per heavy atom. The highest BCUT2D eigenvalue weighted by Gasteiger charge is 2.48. The molecular weight excluding hydrogens is 398 g/mol. The second-order valence-corrected chi connectivity index (χ2v) is 8.23. The molecule has 0 aromatic heterocycles. The first kappa shape index (κ1) is 22.1. The van der Waals surface area contributed by atoms with Crippen LogP contribution in [0.15, 0.2) is 54.6 Å². The molecule has 0 unspecified atom stereocenters. The first-order valence-electron chi connectivity index (χ1n) is 10.3. The van der Waals surface area contributed by atoms with Crippen LogP contribution in [0.2, 0.25) is 5.02 Å². The van der Waals surface area contributed by atoms with Crippen molar-refractivity contribution in [3.63, 3.8) is 0 Å². The zero-order chi connectivity index (χ0) is 21.6. The van der Waals surface area contributed by atoms with E-state index in [0.717, 1.165) is 6.42 Å². The number of benzene rings is 2. The molecular formula is C25H26ClNO3. The van der Waals surface area contributed by atoms with Crippen LogP contribution in [0.3, 0.4) is 0 Å².